The summed E-state index contributed by atoms with van der Waals surface area (Å²) in [6, 6.07) is 15.0. The van der Waals surface area contributed by atoms with Crippen LogP contribution in [-0.2, 0) is 11.2 Å². The number of hydrogen-bond donors (Lipinski definition) is 1. The van der Waals surface area contributed by atoms with Crippen molar-refractivity contribution in [2.75, 3.05) is 6.61 Å². The van der Waals surface area contributed by atoms with Crippen molar-refractivity contribution >= 4 is 23.2 Å². The maximum Gasteiger partial charge on any atom is 0.277 e. The molecule has 1 amide bonds. The second-order valence-electron chi connectivity index (χ2n) is 4.99. The molecular formula is C17H15ClN2O2. The van der Waals surface area contributed by atoms with Gasteiger partial charge in [-0.25, -0.2) is 5.43 Å². The molecule has 0 aromatic heterocycles. The third-order valence-electron chi connectivity index (χ3n) is 3.46. The van der Waals surface area contributed by atoms with E-state index in [9.17, 15) is 4.79 Å². The number of fused-ring (bicyclic) bond motifs is 1. The van der Waals surface area contributed by atoms with Crippen LogP contribution in [0, 0.1) is 0 Å². The van der Waals surface area contributed by atoms with Crippen LogP contribution in [0.2, 0.25) is 5.02 Å². The highest BCUT2D eigenvalue weighted by molar-refractivity contribution is 6.30. The molecule has 0 atom stereocenters. The molecule has 2 aromatic carbocycles. The van der Waals surface area contributed by atoms with E-state index in [2.05, 4.69) is 16.6 Å². The molecule has 0 heterocycles. The number of carbonyl (C=O) groups excluding carboxylic acids is 1. The van der Waals surface area contributed by atoms with Crippen molar-refractivity contribution in [3.63, 3.8) is 0 Å². The van der Waals surface area contributed by atoms with E-state index in [-0.39, 0.29) is 12.5 Å². The van der Waals surface area contributed by atoms with Crippen LogP contribution in [-0.4, -0.2) is 18.2 Å². The summed E-state index contributed by atoms with van der Waals surface area (Å²) < 4.78 is 5.37. The lowest BCUT2D eigenvalue weighted by molar-refractivity contribution is -0.123. The Morgan fingerprint density at radius 1 is 1.14 bits per heavy atom. The van der Waals surface area contributed by atoms with E-state index in [1.807, 2.05) is 18.2 Å². The van der Waals surface area contributed by atoms with Gasteiger partial charge in [0.25, 0.3) is 5.91 Å². The zero-order valence-corrected chi connectivity index (χ0v) is 12.6. The van der Waals surface area contributed by atoms with Crippen LogP contribution in [0.4, 0.5) is 0 Å². The quantitative estimate of drug-likeness (QED) is 0.881. The zero-order chi connectivity index (χ0) is 15.4. The average Bonchev–Trinajstić information content (AvgIpc) is 2.96. The van der Waals surface area contributed by atoms with Crippen molar-refractivity contribution in [1.29, 1.82) is 0 Å². The number of ether oxygens (including phenoxy) is 1. The lowest BCUT2D eigenvalue weighted by Crippen LogP contribution is -2.25. The normalized spacial score (nSPS) is 14.7. The van der Waals surface area contributed by atoms with Crippen molar-refractivity contribution in [3.8, 4) is 5.75 Å². The minimum Gasteiger partial charge on any atom is -0.484 e. The molecule has 2 aromatic rings. The Bertz CT molecular complexity index is 711. The first-order valence-electron chi connectivity index (χ1n) is 7.04. The largest absolute Gasteiger partial charge is 0.484 e. The van der Waals surface area contributed by atoms with Crippen LogP contribution in [0.15, 0.2) is 53.6 Å². The molecule has 4 nitrogen and oxygen atoms in total. The topological polar surface area (TPSA) is 50.7 Å². The maximum absolute atomic E-state index is 11.8. The van der Waals surface area contributed by atoms with Gasteiger partial charge in [-0.3, -0.25) is 4.79 Å². The van der Waals surface area contributed by atoms with Crippen LogP contribution in [0.1, 0.15) is 17.5 Å². The molecule has 0 unspecified atom stereocenters. The highest BCUT2D eigenvalue weighted by atomic mass is 35.5. The van der Waals surface area contributed by atoms with Gasteiger partial charge in [0.15, 0.2) is 6.61 Å². The third-order valence-corrected chi connectivity index (χ3v) is 3.71. The van der Waals surface area contributed by atoms with E-state index in [4.69, 9.17) is 16.3 Å². The van der Waals surface area contributed by atoms with E-state index in [0.29, 0.717) is 10.8 Å². The van der Waals surface area contributed by atoms with Gasteiger partial charge < -0.3 is 4.74 Å². The Morgan fingerprint density at radius 2 is 1.91 bits per heavy atom. The predicted molar refractivity (Wildman–Crippen MR) is 86.4 cm³/mol. The van der Waals surface area contributed by atoms with Gasteiger partial charge in [0.2, 0.25) is 0 Å². The van der Waals surface area contributed by atoms with Gasteiger partial charge in [-0.2, -0.15) is 5.10 Å². The summed E-state index contributed by atoms with van der Waals surface area (Å²) in [5, 5.41) is 4.83. The fourth-order valence-corrected chi connectivity index (χ4v) is 2.49. The molecule has 112 valence electrons. The van der Waals surface area contributed by atoms with Gasteiger partial charge in [-0.15, -0.1) is 0 Å². The lowest BCUT2D eigenvalue weighted by atomic mass is 10.1. The van der Waals surface area contributed by atoms with E-state index in [0.717, 1.165) is 24.1 Å². The molecule has 5 heteroatoms. The molecule has 0 radical (unpaired) electrons. The van der Waals surface area contributed by atoms with Gasteiger partial charge in [-0.05, 0) is 42.7 Å². The molecule has 0 saturated carbocycles. The van der Waals surface area contributed by atoms with Crippen molar-refractivity contribution in [1.82, 2.24) is 5.43 Å². The fourth-order valence-electron chi connectivity index (χ4n) is 2.37. The molecular weight excluding hydrogens is 300 g/mol. The van der Waals surface area contributed by atoms with Crippen molar-refractivity contribution in [2.45, 2.75) is 12.8 Å². The van der Waals surface area contributed by atoms with Gasteiger partial charge >= 0.3 is 0 Å². The molecule has 0 aliphatic heterocycles. The minimum atomic E-state index is -0.285. The molecule has 1 aliphatic rings. The van der Waals surface area contributed by atoms with Gasteiger partial charge in [0.1, 0.15) is 5.75 Å². The summed E-state index contributed by atoms with van der Waals surface area (Å²) in [7, 11) is 0. The number of aryl methyl sites for hydroxylation is 1. The number of nitrogens with one attached hydrogen (secondary N) is 1. The molecule has 0 fully saturated rings. The number of rotatable bonds is 4. The predicted octanol–water partition coefficient (Wildman–Crippen LogP) is 3.19. The highest BCUT2D eigenvalue weighted by Gasteiger charge is 2.17. The maximum atomic E-state index is 11.8. The molecule has 0 spiro atoms. The number of amides is 1. The van der Waals surface area contributed by atoms with Gasteiger partial charge in [0.05, 0.1) is 5.71 Å². The summed E-state index contributed by atoms with van der Waals surface area (Å²) in [5.41, 5.74) is 5.84. The van der Waals surface area contributed by atoms with Crippen molar-refractivity contribution in [3.05, 3.63) is 64.7 Å². The van der Waals surface area contributed by atoms with Crippen LogP contribution in [0.25, 0.3) is 0 Å². The Labute approximate surface area is 133 Å². The summed E-state index contributed by atoms with van der Waals surface area (Å²) >= 11 is 5.79. The van der Waals surface area contributed by atoms with Crippen LogP contribution >= 0.6 is 11.6 Å². The second-order valence-corrected chi connectivity index (χ2v) is 5.43. The minimum absolute atomic E-state index is 0.0833. The number of hydrogen-bond acceptors (Lipinski definition) is 3. The van der Waals surface area contributed by atoms with Gasteiger partial charge in [0, 0.05) is 10.6 Å². The van der Waals surface area contributed by atoms with E-state index in [1.54, 1.807) is 24.3 Å². The monoisotopic (exact) mass is 314 g/mol. The van der Waals surface area contributed by atoms with E-state index in [1.165, 1.54) is 5.56 Å². The molecule has 22 heavy (non-hydrogen) atoms. The molecule has 0 saturated heterocycles. The zero-order valence-electron chi connectivity index (χ0n) is 11.9. The number of carbonyl (C=O) groups is 1. The lowest BCUT2D eigenvalue weighted by Gasteiger charge is -2.05. The van der Waals surface area contributed by atoms with E-state index < -0.39 is 0 Å². The molecule has 3 rings (SSSR count). The first kappa shape index (κ1) is 14.6. The Balaban J connectivity index is 1.55. The second kappa shape index (κ2) is 6.62. The third kappa shape index (κ3) is 3.46. The van der Waals surface area contributed by atoms with Crippen molar-refractivity contribution in [2.24, 2.45) is 5.10 Å². The summed E-state index contributed by atoms with van der Waals surface area (Å²) in [5.74, 6) is 0.310. The summed E-state index contributed by atoms with van der Waals surface area (Å²) in [6.07, 6.45) is 1.81. The number of benzene rings is 2. The highest BCUT2D eigenvalue weighted by Crippen LogP contribution is 2.21. The van der Waals surface area contributed by atoms with E-state index >= 15 is 0 Å². The molecule has 0 bridgehead atoms. The Kier molecular flexibility index (Phi) is 4.39. The fraction of sp³-hybridized carbons (Fsp3) is 0.176. The molecule has 1 N–H and O–H groups in total. The van der Waals surface area contributed by atoms with Crippen molar-refractivity contribution < 1.29 is 9.53 Å². The summed E-state index contributed by atoms with van der Waals surface area (Å²) in [6.45, 7) is -0.0833. The average molecular weight is 315 g/mol. The standard InChI is InChI=1S/C17H15ClN2O2/c18-13-6-8-14(9-7-13)22-11-17(21)20-19-16-10-5-12-3-1-2-4-15(12)16/h1-4,6-9H,5,10-11H2,(H,20,21)/b19-16+. The first-order chi connectivity index (χ1) is 10.7. The van der Waals surface area contributed by atoms with Gasteiger partial charge in [-0.1, -0.05) is 35.9 Å². The smallest absolute Gasteiger partial charge is 0.277 e. The van der Waals surface area contributed by atoms with Crippen LogP contribution < -0.4 is 10.2 Å². The Morgan fingerprint density at radius 3 is 2.73 bits per heavy atom. The number of nitrogens with zero attached hydrogens (tertiary/aromatic N) is 1. The van der Waals surface area contributed by atoms with Crippen LogP contribution in [0.3, 0.4) is 0 Å². The SMILES string of the molecule is O=C(COc1ccc(Cl)cc1)N/N=C1\CCc2ccccc21. The summed E-state index contributed by atoms with van der Waals surface area (Å²) in [4.78, 5) is 11.8. The number of hydrazone groups is 1. The molecule has 1 aliphatic carbocycles. The first-order valence-corrected chi connectivity index (χ1v) is 7.42. The van der Waals surface area contributed by atoms with Crippen LogP contribution in [0.5, 0.6) is 5.75 Å². The Hall–Kier alpha value is -2.33. The number of halogens is 1.